The Hall–Kier alpha value is 0.930. The predicted molar refractivity (Wildman–Crippen MR) is 165 cm³/mol. The molecule has 6 heteroatoms. The molecule has 3 aliphatic rings. The first-order chi connectivity index (χ1) is 15.8. The number of thioether (sulfide) groups is 3. The van der Waals surface area contributed by atoms with Crippen molar-refractivity contribution in [3.63, 3.8) is 0 Å². The van der Waals surface area contributed by atoms with Crippen LogP contribution in [0.3, 0.4) is 0 Å². The summed E-state index contributed by atoms with van der Waals surface area (Å²) < 4.78 is 5.11. The molecule has 3 rings (SSSR count). The van der Waals surface area contributed by atoms with Crippen molar-refractivity contribution in [3.05, 3.63) is 0 Å². The van der Waals surface area contributed by atoms with Crippen molar-refractivity contribution in [2.24, 2.45) is 0 Å². The maximum absolute atomic E-state index is 5.11. The molecule has 0 spiro atoms. The van der Waals surface area contributed by atoms with Gasteiger partial charge in [-0.15, -0.1) is 11.8 Å². The molecule has 32 heavy (non-hydrogen) atoms. The van der Waals surface area contributed by atoms with E-state index in [1.165, 1.54) is 60.6 Å². The summed E-state index contributed by atoms with van der Waals surface area (Å²) in [5.74, 6) is 5.39. The molecule has 0 atom stereocenters. The standard InChI is InChI=1S/C5H11NO.C5H11NS.C4H8S2.6C2H6/c2*1-6-3-2-4-7-5-6;1-2-5-4-6-3-1;6*1-2/h2*2-5H2,1H3;1-4H2;6*1-2H3. The van der Waals surface area contributed by atoms with Crippen molar-refractivity contribution in [2.75, 3.05) is 68.7 Å². The van der Waals surface area contributed by atoms with E-state index in [9.17, 15) is 0 Å². The highest BCUT2D eigenvalue weighted by Gasteiger charge is 2.03. The number of nitrogens with zero attached hydrogens (tertiary/aromatic N) is 2. The number of hydrogen-bond donors (Lipinski definition) is 0. The summed E-state index contributed by atoms with van der Waals surface area (Å²) in [5.41, 5.74) is 0. The Labute approximate surface area is 220 Å². The molecule has 3 fully saturated rings. The summed E-state index contributed by atoms with van der Waals surface area (Å²) in [6, 6.07) is 0. The third-order valence-electron chi connectivity index (χ3n) is 3.02. The first kappa shape index (κ1) is 46.3. The van der Waals surface area contributed by atoms with Crippen LogP contribution in [0.15, 0.2) is 0 Å². The minimum absolute atomic E-state index is 0.819. The van der Waals surface area contributed by atoms with E-state index in [0.29, 0.717) is 0 Å². The molecule has 0 unspecified atom stereocenters. The van der Waals surface area contributed by atoms with Gasteiger partial charge in [-0.3, -0.25) is 9.80 Å². The Morgan fingerprint density at radius 3 is 1.12 bits per heavy atom. The Morgan fingerprint density at radius 2 is 0.969 bits per heavy atom. The average molecular weight is 519 g/mol. The lowest BCUT2D eigenvalue weighted by atomic mass is 10.4. The monoisotopic (exact) mass is 518 g/mol. The highest BCUT2D eigenvalue weighted by molar-refractivity contribution is 8.16. The van der Waals surface area contributed by atoms with Gasteiger partial charge in [-0.25, -0.2) is 0 Å². The number of ether oxygens (including phenoxy) is 1. The van der Waals surface area contributed by atoms with Gasteiger partial charge in [0.25, 0.3) is 0 Å². The molecule has 3 aliphatic heterocycles. The fourth-order valence-corrected chi connectivity index (χ4v) is 5.08. The van der Waals surface area contributed by atoms with E-state index in [2.05, 4.69) is 47.4 Å². The maximum atomic E-state index is 5.11. The predicted octanol–water partition coefficient (Wildman–Crippen LogP) is 9.28. The molecule has 3 nitrogen and oxygen atoms in total. The number of hydrogen-bond acceptors (Lipinski definition) is 6. The van der Waals surface area contributed by atoms with E-state index < -0.39 is 0 Å². The molecule has 3 saturated heterocycles. The summed E-state index contributed by atoms with van der Waals surface area (Å²) in [7, 11) is 4.24. The van der Waals surface area contributed by atoms with Crippen LogP contribution < -0.4 is 0 Å². The molecule has 204 valence electrons. The Morgan fingerprint density at radius 1 is 0.531 bits per heavy atom. The van der Waals surface area contributed by atoms with Crippen molar-refractivity contribution in [2.45, 2.75) is 102 Å². The van der Waals surface area contributed by atoms with Gasteiger partial charge in [0.05, 0.1) is 6.73 Å². The second kappa shape index (κ2) is 58.1. The highest BCUT2D eigenvalue weighted by atomic mass is 32.2. The van der Waals surface area contributed by atoms with E-state index >= 15 is 0 Å². The van der Waals surface area contributed by atoms with Gasteiger partial charge >= 0.3 is 0 Å². The van der Waals surface area contributed by atoms with Gasteiger partial charge in [0, 0.05) is 24.1 Å². The second-order valence-corrected chi connectivity index (χ2v) is 8.88. The molecule has 0 bridgehead atoms. The molecule has 0 radical (unpaired) electrons. The Kier molecular flexibility index (Phi) is 84.0. The zero-order chi connectivity index (χ0) is 26.5. The van der Waals surface area contributed by atoms with Crippen molar-refractivity contribution in [1.29, 1.82) is 0 Å². The van der Waals surface area contributed by atoms with E-state index in [-0.39, 0.29) is 0 Å². The van der Waals surface area contributed by atoms with Crippen LogP contribution in [-0.2, 0) is 4.74 Å². The molecule has 0 amide bonds. The second-order valence-electron chi connectivity index (χ2n) is 5.23. The minimum atomic E-state index is 0.819. The Bertz CT molecular complexity index is 184. The summed E-state index contributed by atoms with van der Waals surface area (Å²) in [6.45, 7) is 28.3. The quantitative estimate of drug-likeness (QED) is 0.315. The molecule has 0 N–H and O–H groups in total. The number of rotatable bonds is 0. The van der Waals surface area contributed by atoms with E-state index in [4.69, 9.17) is 4.74 Å². The third kappa shape index (κ3) is 52.7. The van der Waals surface area contributed by atoms with Crippen LogP contribution in [0.4, 0.5) is 0 Å². The van der Waals surface area contributed by atoms with E-state index in [1.807, 2.05) is 94.8 Å². The molecular formula is C26H66N2OS3. The van der Waals surface area contributed by atoms with Gasteiger partial charge in [0.15, 0.2) is 0 Å². The molecule has 0 aromatic carbocycles. The van der Waals surface area contributed by atoms with Gasteiger partial charge in [-0.1, -0.05) is 83.1 Å². The highest BCUT2D eigenvalue weighted by Crippen LogP contribution is 2.19. The summed E-state index contributed by atoms with van der Waals surface area (Å²) >= 11 is 6.14. The van der Waals surface area contributed by atoms with Crippen LogP contribution >= 0.6 is 35.3 Å². The zero-order valence-corrected chi connectivity index (χ0v) is 27.5. The maximum Gasteiger partial charge on any atom is 0.0987 e. The van der Waals surface area contributed by atoms with Gasteiger partial charge in [0.2, 0.25) is 0 Å². The summed E-state index contributed by atoms with van der Waals surface area (Å²) in [4.78, 5) is 4.53. The van der Waals surface area contributed by atoms with Crippen LogP contribution in [0, 0.1) is 0 Å². The Balaban J connectivity index is -0.0000000644. The van der Waals surface area contributed by atoms with E-state index in [1.54, 1.807) is 0 Å². The first-order valence-electron chi connectivity index (χ1n) is 13.5. The fraction of sp³-hybridized carbons (Fsp3) is 1.00. The molecular weight excluding hydrogens is 453 g/mol. The normalized spacial score (nSPS) is 16.7. The third-order valence-corrected chi connectivity index (χ3v) is 6.71. The summed E-state index contributed by atoms with van der Waals surface area (Å²) in [6.07, 6.45) is 3.99. The lowest BCUT2D eigenvalue weighted by molar-refractivity contribution is 0.00118. The van der Waals surface area contributed by atoms with Crippen LogP contribution in [0.5, 0.6) is 0 Å². The largest absolute Gasteiger partial charge is 0.366 e. The van der Waals surface area contributed by atoms with Gasteiger partial charge in [-0.2, -0.15) is 23.5 Å². The molecule has 0 aliphatic carbocycles. The van der Waals surface area contributed by atoms with Crippen LogP contribution in [0.25, 0.3) is 0 Å². The van der Waals surface area contributed by atoms with Crippen molar-refractivity contribution in [3.8, 4) is 0 Å². The lowest BCUT2D eigenvalue weighted by Gasteiger charge is -2.21. The van der Waals surface area contributed by atoms with E-state index in [0.717, 1.165) is 13.3 Å². The van der Waals surface area contributed by atoms with Crippen LogP contribution in [0.1, 0.15) is 102 Å². The SMILES string of the molecule is C1CSCSC1.CC.CC.CC.CC.CC.CC.CN1CCCOC1.CN1CCCSC1. The van der Waals surface area contributed by atoms with Gasteiger partial charge < -0.3 is 4.74 Å². The van der Waals surface area contributed by atoms with Gasteiger partial charge in [-0.05, 0) is 57.2 Å². The molecule has 0 aromatic heterocycles. The smallest absolute Gasteiger partial charge is 0.0987 e. The lowest BCUT2D eigenvalue weighted by Crippen LogP contribution is -2.28. The van der Waals surface area contributed by atoms with Gasteiger partial charge in [0.1, 0.15) is 0 Å². The summed E-state index contributed by atoms with van der Waals surface area (Å²) in [5, 5.41) is 1.33. The van der Waals surface area contributed by atoms with Crippen molar-refractivity contribution in [1.82, 2.24) is 9.80 Å². The molecule has 3 heterocycles. The molecule has 0 saturated carbocycles. The minimum Gasteiger partial charge on any atom is -0.366 e. The van der Waals surface area contributed by atoms with Crippen molar-refractivity contribution >= 4 is 35.3 Å². The fourth-order valence-electron chi connectivity index (χ4n) is 1.88. The van der Waals surface area contributed by atoms with Crippen LogP contribution in [0.2, 0.25) is 0 Å². The average Bonchev–Trinajstić information content (AvgIpc) is 2.94. The molecule has 0 aromatic rings. The van der Waals surface area contributed by atoms with Crippen LogP contribution in [-0.4, -0.2) is 78.5 Å². The zero-order valence-electron chi connectivity index (χ0n) is 25.0. The topological polar surface area (TPSA) is 15.7 Å². The first-order valence-corrected chi connectivity index (χ1v) is 16.9. The van der Waals surface area contributed by atoms with Crippen molar-refractivity contribution < 1.29 is 4.74 Å².